The second-order valence-electron chi connectivity index (χ2n) is 4.00. The van der Waals surface area contributed by atoms with E-state index in [9.17, 15) is 19.2 Å². The van der Waals surface area contributed by atoms with E-state index >= 15 is 0 Å². The van der Waals surface area contributed by atoms with E-state index < -0.39 is 11.9 Å². The van der Waals surface area contributed by atoms with Gasteiger partial charge < -0.3 is 43.4 Å². The van der Waals surface area contributed by atoms with E-state index in [1.165, 1.54) is 0 Å². The van der Waals surface area contributed by atoms with Crippen LogP contribution in [0.1, 0.15) is 25.7 Å². The van der Waals surface area contributed by atoms with Crippen molar-refractivity contribution in [3.63, 3.8) is 0 Å². The van der Waals surface area contributed by atoms with Crippen LogP contribution in [0.25, 0.3) is 12.3 Å². The van der Waals surface area contributed by atoms with Gasteiger partial charge in [0.15, 0.2) is 0 Å². The first-order chi connectivity index (χ1) is 10.3. The summed E-state index contributed by atoms with van der Waals surface area (Å²) in [5, 5.41) is 37.2. The Morgan fingerprint density at radius 3 is 1.16 bits per heavy atom. The Kier molecular flexibility index (Phi) is 34.2. The van der Waals surface area contributed by atoms with Crippen molar-refractivity contribution in [2.24, 2.45) is 0 Å². The average Bonchev–Trinajstić information content (AvgIpc) is 2.47. The number of nitrogens with two attached hydrogens (primary N) is 2. The van der Waals surface area contributed by atoms with Crippen LogP contribution in [0.4, 0.5) is 0 Å². The first-order valence-corrected chi connectivity index (χ1v) is 6.52. The van der Waals surface area contributed by atoms with Crippen molar-refractivity contribution in [1.29, 1.82) is 0 Å². The second kappa shape index (κ2) is 24.7. The van der Waals surface area contributed by atoms with E-state index in [2.05, 4.69) is 10.6 Å². The molecular formula is C12H26N4O8Pt. The summed E-state index contributed by atoms with van der Waals surface area (Å²) >= 11 is 0. The fraction of sp³-hybridized carbons (Fsp3) is 0.667. The molecule has 0 saturated carbocycles. The van der Waals surface area contributed by atoms with Gasteiger partial charge in [-0.15, -0.1) is 0 Å². The minimum atomic E-state index is -1.07. The molecule has 0 heterocycles. The predicted molar refractivity (Wildman–Crippen MR) is 84.5 cm³/mol. The Hall–Kier alpha value is -1.59. The summed E-state index contributed by atoms with van der Waals surface area (Å²) in [4.78, 5) is 41.1. The largest absolute Gasteiger partial charge is 2.00 e. The third kappa shape index (κ3) is 34.7. The molecule has 13 heteroatoms. The standard InChI is InChI=1S/2C6H11NO4.2H2N.Pt/c2*8-3-1-2-5(9)7-4-6(10)11;;;/h2*8H,1-4H2,(H,7,9)(H,10,11);2*1H2;/q;;2*-1;+2. The summed E-state index contributed by atoms with van der Waals surface area (Å²) in [6, 6.07) is 0. The second-order valence-corrected chi connectivity index (χ2v) is 4.00. The summed E-state index contributed by atoms with van der Waals surface area (Å²) < 4.78 is 0. The minimum absolute atomic E-state index is 0. The molecule has 0 bridgehead atoms. The molecule has 0 aromatic rings. The molecule has 0 atom stereocenters. The molecule has 152 valence electrons. The Morgan fingerprint density at radius 1 is 0.680 bits per heavy atom. The van der Waals surface area contributed by atoms with Gasteiger partial charge in [0.05, 0.1) is 0 Å². The van der Waals surface area contributed by atoms with Crippen molar-refractivity contribution in [2.45, 2.75) is 25.7 Å². The van der Waals surface area contributed by atoms with Crippen molar-refractivity contribution in [1.82, 2.24) is 10.6 Å². The van der Waals surface area contributed by atoms with Crippen LogP contribution in [0.15, 0.2) is 0 Å². The van der Waals surface area contributed by atoms with Crippen LogP contribution in [0, 0.1) is 0 Å². The monoisotopic (exact) mass is 549 g/mol. The van der Waals surface area contributed by atoms with Crippen LogP contribution in [0.5, 0.6) is 0 Å². The average molecular weight is 549 g/mol. The zero-order valence-electron chi connectivity index (χ0n) is 13.5. The molecule has 0 aliphatic rings. The third-order valence-electron chi connectivity index (χ3n) is 2.00. The van der Waals surface area contributed by atoms with E-state index in [-0.39, 0.29) is 84.3 Å². The fourth-order valence-electron chi connectivity index (χ4n) is 1.00. The third-order valence-corrected chi connectivity index (χ3v) is 2.00. The fourth-order valence-corrected chi connectivity index (χ4v) is 1.00. The normalized spacial score (nSPS) is 8.08. The van der Waals surface area contributed by atoms with Crippen molar-refractivity contribution in [3.05, 3.63) is 12.3 Å². The van der Waals surface area contributed by atoms with Crippen LogP contribution in [-0.4, -0.2) is 70.5 Å². The zero-order chi connectivity index (χ0) is 17.4. The van der Waals surface area contributed by atoms with Gasteiger partial charge in [-0.05, 0) is 12.8 Å². The van der Waals surface area contributed by atoms with Gasteiger partial charge in [-0.1, -0.05) is 0 Å². The van der Waals surface area contributed by atoms with Gasteiger partial charge in [0, 0.05) is 26.1 Å². The SMILES string of the molecule is O=C(O)CNC(=O)CCCO.O=C(O)CNC(=O)CCCO.[NH2-].[NH2-].[Pt+2]. The molecule has 25 heavy (non-hydrogen) atoms. The van der Waals surface area contributed by atoms with Gasteiger partial charge in [0.1, 0.15) is 13.1 Å². The number of nitrogens with one attached hydrogen (secondary N) is 2. The van der Waals surface area contributed by atoms with Crippen LogP contribution in [-0.2, 0) is 40.2 Å². The smallest absolute Gasteiger partial charge is 0.693 e. The van der Waals surface area contributed by atoms with Gasteiger partial charge in [-0.25, -0.2) is 0 Å². The van der Waals surface area contributed by atoms with E-state index in [1.807, 2.05) is 0 Å². The maximum absolute atomic E-state index is 10.6. The Bertz CT molecular complexity index is 337. The van der Waals surface area contributed by atoms with Gasteiger partial charge >= 0.3 is 33.0 Å². The van der Waals surface area contributed by atoms with Crippen molar-refractivity contribution < 1.29 is 60.7 Å². The molecule has 0 fully saturated rings. The van der Waals surface area contributed by atoms with Crippen molar-refractivity contribution in [3.8, 4) is 0 Å². The predicted octanol–water partition coefficient (Wildman–Crippen LogP) is -0.649. The number of carbonyl (C=O) groups excluding carboxylic acids is 2. The number of carboxylic acid groups (broad SMARTS) is 2. The summed E-state index contributed by atoms with van der Waals surface area (Å²) in [5.41, 5.74) is 0. The van der Waals surface area contributed by atoms with E-state index in [0.717, 1.165) is 0 Å². The topological polar surface area (TPSA) is 240 Å². The molecule has 0 saturated heterocycles. The number of carbonyl (C=O) groups is 4. The van der Waals surface area contributed by atoms with Crippen LogP contribution < -0.4 is 10.6 Å². The van der Waals surface area contributed by atoms with E-state index in [4.69, 9.17) is 20.4 Å². The molecule has 0 aromatic carbocycles. The molecule has 0 radical (unpaired) electrons. The Balaban J connectivity index is -0.0000000952. The van der Waals surface area contributed by atoms with Crippen molar-refractivity contribution in [2.75, 3.05) is 26.3 Å². The van der Waals surface area contributed by atoms with Crippen molar-refractivity contribution >= 4 is 23.8 Å². The molecule has 0 spiro atoms. The summed E-state index contributed by atoms with van der Waals surface area (Å²) in [6.45, 7) is -0.824. The molecular weight excluding hydrogens is 523 g/mol. The number of amides is 2. The van der Waals surface area contributed by atoms with E-state index in [1.54, 1.807) is 0 Å². The molecule has 10 N–H and O–H groups in total. The number of hydrogen-bond acceptors (Lipinski definition) is 6. The van der Waals surface area contributed by atoms with Crippen LogP contribution in [0.3, 0.4) is 0 Å². The molecule has 0 aliphatic heterocycles. The maximum atomic E-state index is 10.6. The first kappa shape index (κ1) is 34.7. The Morgan fingerprint density at radius 2 is 0.960 bits per heavy atom. The number of hydrogen-bond donors (Lipinski definition) is 6. The first-order valence-electron chi connectivity index (χ1n) is 6.52. The van der Waals surface area contributed by atoms with Gasteiger partial charge in [-0.3, -0.25) is 19.2 Å². The van der Waals surface area contributed by atoms with Gasteiger partial charge in [0.2, 0.25) is 11.8 Å². The molecule has 0 rings (SSSR count). The molecule has 12 nitrogen and oxygen atoms in total. The van der Waals surface area contributed by atoms with Gasteiger partial charge in [0.25, 0.3) is 0 Å². The van der Waals surface area contributed by atoms with Gasteiger partial charge in [-0.2, -0.15) is 0 Å². The molecule has 0 aromatic heterocycles. The molecule has 0 aliphatic carbocycles. The number of aliphatic carboxylic acids is 2. The zero-order valence-corrected chi connectivity index (χ0v) is 15.8. The van der Waals surface area contributed by atoms with Crippen LogP contribution in [0.2, 0.25) is 0 Å². The number of carboxylic acids is 2. The summed E-state index contributed by atoms with van der Waals surface area (Å²) in [6.07, 6.45) is 1.07. The number of aliphatic hydroxyl groups excluding tert-OH is 2. The quantitative estimate of drug-likeness (QED) is 0.204. The number of aliphatic hydroxyl groups is 2. The summed E-state index contributed by atoms with van der Waals surface area (Å²) in [7, 11) is 0. The van der Waals surface area contributed by atoms with Crippen LogP contribution >= 0.6 is 0 Å². The maximum Gasteiger partial charge on any atom is 2.00 e. The Labute approximate surface area is 159 Å². The summed E-state index contributed by atoms with van der Waals surface area (Å²) in [5.74, 6) is -2.83. The minimum Gasteiger partial charge on any atom is -0.693 e. The number of rotatable bonds is 10. The molecule has 2 amide bonds. The van der Waals surface area contributed by atoms with E-state index in [0.29, 0.717) is 12.8 Å². The molecule has 0 unspecified atom stereocenters.